The van der Waals surface area contributed by atoms with Gasteiger partial charge in [-0.25, -0.2) is 0 Å². The van der Waals surface area contributed by atoms with Crippen molar-refractivity contribution in [3.63, 3.8) is 0 Å². The van der Waals surface area contributed by atoms with Crippen molar-refractivity contribution < 1.29 is 4.74 Å². The Hall–Kier alpha value is -2.26. The molecule has 1 heterocycles. The molecule has 3 rings (SSSR count). The molecule has 0 bridgehead atoms. The summed E-state index contributed by atoms with van der Waals surface area (Å²) in [5, 5.41) is 4.33. The maximum absolute atomic E-state index is 6.31. The van der Waals surface area contributed by atoms with E-state index in [9.17, 15) is 0 Å². The van der Waals surface area contributed by atoms with Crippen molar-refractivity contribution in [2.75, 3.05) is 13.6 Å². The first kappa shape index (κ1) is 13.7. The fourth-order valence-corrected chi connectivity index (χ4v) is 2.55. The Morgan fingerprint density at radius 3 is 2.71 bits per heavy atom. The molecule has 3 aromatic rings. The minimum Gasteiger partial charge on any atom is -0.485 e. The van der Waals surface area contributed by atoms with E-state index in [1.54, 1.807) is 0 Å². The molecule has 2 aromatic carbocycles. The van der Waals surface area contributed by atoms with Crippen LogP contribution >= 0.6 is 0 Å². The first-order valence-corrected chi connectivity index (χ1v) is 7.31. The van der Waals surface area contributed by atoms with Crippen molar-refractivity contribution in [3.05, 3.63) is 66.4 Å². The van der Waals surface area contributed by atoms with Gasteiger partial charge in [0.2, 0.25) is 0 Å². The maximum atomic E-state index is 6.31. The average Bonchev–Trinajstić information content (AvgIpc) is 3.01. The van der Waals surface area contributed by atoms with Gasteiger partial charge >= 0.3 is 0 Å². The van der Waals surface area contributed by atoms with Crippen molar-refractivity contribution in [1.82, 2.24) is 10.3 Å². The first-order valence-electron chi connectivity index (χ1n) is 7.31. The molecule has 0 saturated carbocycles. The third-order valence-corrected chi connectivity index (χ3v) is 3.65. The molecule has 0 amide bonds. The highest BCUT2D eigenvalue weighted by Crippen LogP contribution is 2.30. The molecule has 0 saturated heterocycles. The summed E-state index contributed by atoms with van der Waals surface area (Å²) in [4.78, 5) is 3.22. The van der Waals surface area contributed by atoms with E-state index in [4.69, 9.17) is 4.74 Å². The molecule has 0 aliphatic carbocycles. The summed E-state index contributed by atoms with van der Waals surface area (Å²) in [6.07, 6.45) is 2.93. The lowest BCUT2D eigenvalue weighted by molar-refractivity contribution is 0.197. The maximum Gasteiger partial charge on any atom is 0.129 e. The van der Waals surface area contributed by atoms with E-state index < -0.39 is 0 Å². The number of rotatable bonds is 6. The van der Waals surface area contributed by atoms with Crippen LogP contribution in [0.3, 0.4) is 0 Å². The van der Waals surface area contributed by atoms with Crippen LogP contribution in [0.25, 0.3) is 10.9 Å². The number of hydrogen-bond donors (Lipinski definition) is 2. The van der Waals surface area contributed by atoms with E-state index in [0.717, 1.165) is 29.6 Å². The van der Waals surface area contributed by atoms with E-state index >= 15 is 0 Å². The van der Waals surface area contributed by atoms with Crippen LogP contribution in [0, 0.1) is 0 Å². The highest BCUT2D eigenvalue weighted by molar-refractivity contribution is 5.85. The van der Waals surface area contributed by atoms with Gasteiger partial charge in [0, 0.05) is 23.5 Å². The van der Waals surface area contributed by atoms with Crippen LogP contribution in [0.4, 0.5) is 0 Å². The van der Waals surface area contributed by atoms with Gasteiger partial charge < -0.3 is 15.0 Å². The minimum atomic E-state index is 0.0548. The molecule has 108 valence electrons. The first-order chi connectivity index (χ1) is 10.4. The predicted molar refractivity (Wildman–Crippen MR) is 86.7 cm³/mol. The third kappa shape index (κ3) is 3.09. The highest BCUT2D eigenvalue weighted by atomic mass is 16.5. The number of nitrogens with one attached hydrogen (secondary N) is 2. The number of aromatic amines is 1. The lowest BCUT2D eigenvalue weighted by Crippen LogP contribution is -2.16. The van der Waals surface area contributed by atoms with Gasteiger partial charge in [0.15, 0.2) is 0 Å². The van der Waals surface area contributed by atoms with E-state index in [2.05, 4.69) is 46.7 Å². The van der Waals surface area contributed by atoms with Gasteiger partial charge in [-0.2, -0.15) is 0 Å². The van der Waals surface area contributed by atoms with Gasteiger partial charge in [-0.3, -0.25) is 0 Å². The number of aromatic nitrogens is 1. The Morgan fingerprint density at radius 2 is 1.90 bits per heavy atom. The van der Waals surface area contributed by atoms with Gasteiger partial charge in [0.05, 0.1) is 0 Å². The zero-order valence-electron chi connectivity index (χ0n) is 12.2. The number of H-pyrrole nitrogens is 1. The highest BCUT2D eigenvalue weighted by Gasteiger charge is 2.14. The Bertz CT molecular complexity index is 691. The van der Waals surface area contributed by atoms with Gasteiger partial charge in [0.25, 0.3) is 0 Å². The van der Waals surface area contributed by atoms with E-state index in [1.165, 1.54) is 5.56 Å². The SMILES string of the molecule is CNCCC(Oc1cccc2[nH]ccc12)c1ccccc1. The molecule has 0 radical (unpaired) electrons. The summed E-state index contributed by atoms with van der Waals surface area (Å²) in [7, 11) is 1.97. The molecule has 0 fully saturated rings. The summed E-state index contributed by atoms with van der Waals surface area (Å²) >= 11 is 0. The molecular formula is C18H20N2O. The zero-order valence-corrected chi connectivity index (χ0v) is 12.2. The van der Waals surface area contributed by atoms with Crippen molar-refractivity contribution >= 4 is 10.9 Å². The van der Waals surface area contributed by atoms with Gasteiger partial charge in [-0.1, -0.05) is 36.4 Å². The van der Waals surface area contributed by atoms with Crippen molar-refractivity contribution in [2.45, 2.75) is 12.5 Å². The van der Waals surface area contributed by atoms with Gasteiger partial charge in [0.1, 0.15) is 11.9 Å². The molecule has 0 aliphatic rings. The molecule has 1 atom stereocenters. The fraction of sp³-hybridized carbons (Fsp3) is 0.222. The second-order valence-electron chi connectivity index (χ2n) is 5.10. The zero-order chi connectivity index (χ0) is 14.5. The molecule has 2 N–H and O–H groups in total. The summed E-state index contributed by atoms with van der Waals surface area (Å²) in [5.41, 5.74) is 2.31. The molecule has 0 spiro atoms. The minimum absolute atomic E-state index is 0.0548. The lowest BCUT2D eigenvalue weighted by Gasteiger charge is -2.20. The van der Waals surface area contributed by atoms with Crippen LogP contribution < -0.4 is 10.1 Å². The Kier molecular flexibility index (Phi) is 4.22. The normalized spacial score (nSPS) is 12.4. The second-order valence-corrected chi connectivity index (χ2v) is 5.10. The van der Waals surface area contributed by atoms with Gasteiger partial charge in [-0.05, 0) is 37.4 Å². The number of fused-ring (bicyclic) bond motifs is 1. The van der Waals surface area contributed by atoms with Crippen LogP contribution in [0.5, 0.6) is 5.75 Å². The lowest BCUT2D eigenvalue weighted by atomic mass is 10.1. The van der Waals surface area contributed by atoms with E-state index in [1.807, 2.05) is 31.4 Å². The predicted octanol–water partition coefficient (Wildman–Crippen LogP) is 3.90. The second kappa shape index (κ2) is 6.46. The molecular weight excluding hydrogens is 260 g/mol. The van der Waals surface area contributed by atoms with E-state index in [-0.39, 0.29) is 6.10 Å². The monoisotopic (exact) mass is 280 g/mol. The summed E-state index contributed by atoms with van der Waals surface area (Å²) in [6.45, 7) is 0.919. The van der Waals surface area contributed by atoms with Crippen molar-refractivity contribution in [1.29, 1.82) is 0 Å². The number of hydrogen-bond acceptors (Lipinski definition) is 2. The van der Waals surface area contributed by atoms with Crippen LogP contribution in [0.2, 0.25) is 0 Å². The quantitative estimate of drug-likeness (QED) is 0.718. The van der Waals surface area contributed by atoms with Crippen LogP contribution in [-0.4, -0.2) is 18.6 Å². The Balaban J connectivity index is 1.89. The molecule has 21 heavy (non-hydrogen) atoms. The van der Waals surface area contributed by atoms with Gasteiger partial charge in [-0.15, -0.1) is 0 Å². The smallest absolute Gasteiger partial charge is 0.129 e. The topological polar surface area (TPSA) is 37.0 Å². The van der Waals surface area contributed by atoms with Crippen molar-refractivity contribution in [3.8, 4) is 5.75 Å². The van der Waals surface area contributed by atoms with Crippen LogP contribution in [0.1, 0.15) is 18.1 Å². The molecule has 1 aromatic heterocycles. The molecule has 0 aliphatic heterocycles. The molecule has 3 nitrogen and oxygen atoms in total. The number of ether oxygens (including phenoxy) is 1. The molecule has 1 unspecified atom stereocenters. The standard InChI is InChI=1S/C18H20N2O/c1-19-12-11-17(14-6-3-2-4-7-14)21-18-9-5-8-16-15(18)10-13-20-16/h2-10,13,17,19-20H,11-12H2,1H3. The summed E-state index contributed by atoms with van der Waals surface area (Å²) < 4.78 is 6.31. The summed E-state index contributed by atoms with van der Waals surface area (Å²) in [5.74, 6) is 0.929. The van der Waals surface area contributed by atoms with Crippen LogP contribution in [-0.2, 0) is 0 Å². The van der Waals surface area contributed by atoms with Crippen molar-refractivity contribution in [2.24, 2.45) is 0 Å². The largest absolute Gasteiger partial charge is 0.485 e. The Labute approximate surface area is 125 Å². The summed E-state index contributed by atoms with van der Waals surface area (Å²) in [6, 6.07) is 18.6. The van der Waals surface area contributed by atoms with E-state index in [0.29, 0.717) is 0 Å². The Morgan fingerprint density at radius 1 is 1.05 bits per heavy atom. The fourth-order valence-electron chi connectivity index (χ4n) is 2.55. The average molecular weight is 280 g/mol. The third-order valence-electron chi connectivity index (χ3n) is 3.65. The molecule has 3 heteroatoms. The van der Waals surface area contributed by atoms with Crippen LogP contribution in [0.15, 0.2) is 60.8 Å². The number of benzene rings is 2.